The lowest BCUT2D eigenvalue weighted by Crippen LogP contribution is -2.41. The number of unbranched alkanes of at least 4 members (excludes halogenated alkanes) is 16. The summed E-state index contributed by atoms with van der Waals surface area (Å²) in [7, 11) is 0. The molecule has 2 N–H and O–H groups in total. The van der Waals surface area contributed by atoms with E-state index in [0.717, 1.165) is 50.3 Å². The second-order valence-electron chi connectivity index (χ2n) is 10.6. The number of ether oxygens (including phenoxy) is 1. The third-order valence-corrected chi connectivity index (χ3v) is 7.50. The predicted octanol–water partition coefficient (Wildman–Crippen LogP) is 8.15. The Balaban J connectivity index is 3.91. The quantitative estimate of drug-likeness (QED) is 0.0537. The van der Waals surface area contributed by atoms with Gasteiger partial charge in [-0.1, -0.05) is 113 Å². The second-order valence-corrected chi connectivity index (χ2v) is 11.4. The molecule has 0 saturated heterocycles. The van der Waals surface area contributed by atoms with Gasteiger partial charge in [0, 0.05) is 24.7 Å². The summed E-state index contributed by atoms with van der Waals surface area (Å²) < 4.78 is 5.17. The van der Waals surface area contributed by atoms with E-state index in [1.54, 1.807) is 6.92 Å². The Morgan fingerprint density at radius 1 is 0.632 bits per heavy atom. The largest absolute Gasteiger partial charge is 0.464 e. The highest BCUT2D eigenvalue weighted by Crippen LogP contribution is 2.12. The first-order chi connectivity index (χ1) is 18.5. The summed E-state index contributed by atoms with van der Waals surface area (Å²) >= 11 is 3.46. The van der Waals surface area contributed by atoms with Crippen LogP contribution in [-0.2, 0) is 19.1 Å². The molecule has 0 aromatic rings. The van der Waals surface area contributed by atoms with Crippen LogP contribution in [0.25, 0.3) is 0 Å². The summed E-state index contributed by atoms with van der Waals surface area (Å²) in [6.45, 7) is 4.93. The number of nitrogens with one attached hydrogen (secondary N) is 2. The molecule has 0 aliphatic rings. The maximum Gasteiger partial charge on any atom is 0.328 e. The Kier molecular flexibility index (Phi) is 28.0. The van der Waals surface area contributed by atoms with Crippen LogP contribution in [0.15, 0.2) is 0 Å². The molecule has 0 aliphatic carbocycles. The molecule has 1 atom stereocenters. The fourth-order valence-electron chi connectivity index (χ4n) is 4.58. The van der Waals surface area contributed by atoms with Crippen LogP contribution in [0.5, 0.6) is 0 Å². The number of carbonyl (C=O) groups excluding carboxylic acids is 3. The lowest BCUT2D eigenvalue weighted by molar-refractivity contribution is -0.147. The van der Waals surface area contributed by atoms with Gasteiger partial charge in [-0.15, -0.1) is 0 Å². The highest BCUT2D eigenvalue weighted by Gasteiger charge is 2.21. The number of rotatable bonds is 28. The lowest BCUT2D eigenvalue weighted by Gasteiger charge is -2.17. The van der Waals surface area contributed by atoms with Crippen molar-refractivity contribution in [3.8, 4) is 0 Å². The fraction of sp³-hybridized carbons (Fsp3) is 0.903. The van der Waals surface area contributed by atoms with E-state index in [1.165, 1.54) is 77.0 Å². The molecule has 38 heavy (non-hydrogen) atoms. The van der Waals surface area contributed by atoms with E-state index < -0.39 is 6.04 Å². The summed E-state index contributed by atoms with van der Waals surface area (Å²) in [5.74, 6) is -0.324. The van der Waals surface area contributed by atoms with E-state index in [4.69, 9.17) is 4.74 Å². The molecule has 7 heteroatoms. The zero-order chi connectivity index (χ0) is 28.1. The molecule has 0 unspecified atom stereocenters. The van der Waals surface area contributed by atoms with Crippen molar-refractivity contribution in [1.29, 1.82) is 0 Å². The van der Waals surface area contributed by atoms with Crippen molar-refractivity contribution in [2.24, 2.45) is 0 Å². The van der Waals surface area contributed by atoms with Crippen molar-refractivity contribution in [3.63, 3.8) is 0 Å². The zero-order valence-electron chi connectivity index (χ0n) is 24.8. The Labute approximate surface area is 242 Å². The third-order valence-electron chi connectivity index (χ3n) is 6.94. The van der Waals surface area contributed by atoms with Gasteiger partial charge in [-0.2, -0.15) is 0 Å². The summed E-state index contributed by atoms with van der Waals surface area (Å²) in [5, 5.41) is 6.96. The van der Waals surface area contributed by atoms with Crippen molar-refractivity contribution < 1.29 is 19.1 Å². The van der Waals surface area contributed by atoms with Gasteiger partial charge in [-0.05, 0) is 45.4 Å². The number of esters is 1. The molecule has 2 amide bonds. The normalized spacial score (nSPS) is 11.8. The summed E-state index contributed by atoms with van der Waals surface area (Å²) in [5.41, 5.74) is 0. The van der Waals surface area contributed by atoms with E-state index in [-0.39, 0.29) is 17.8 Å². The molecule has 0 aromatic heterocycles. The van der Waals surface area contributed by atoms with Crippen molar-refractivity contribution in [1.82, 2.24) is 10.6 Å². The molecular weight excluding hydrogens is 544 g/mol. The van der Waals surface area contributed by atoms with Gasteiger partial charge in [0.1, 0.15) is 6.04 Å². The molecule has 224 valence electrons. The minimum atomic E-state index is -0.602. The maximum absolute atomic E-state index is 12.4. The minimum absolute atomic E-state index is 0.0744. The van der Waals surface area contributed by atoms with Gasteiger partial charge in [0.05, 0.1) is 6.61 Å². The molecule has 0 spiro atoms. The van der Waals surface area contributed by atoms with Crippen molar-refractivity contribution in [2.45, 2.75) is 161 Å². The van der Waals surface area contributed by atoms with Gasteiger partial charge >= 0.3 is 5.97 Å². The Bertz CT molecular complexity index is 574. The van der Waals surface area contributed by atoms with E-state index in [2.05, 4.69) is 33.5 Å². The van der Waals surface area contributed by atoms with Crippen LogP contribution in [-0.4, -0.2) is 42.3 Å². The first-order valence-corrected chi connectivity index (χ1v) is 17.0. The van der Waals surface area contributed by atoms with Gasteiger partial charge in [0.15, 0.2) is 0 Å². The summed E-state index contributed by atoms with van der Waals surface area (Å²) in [6, 6.07) is -0.602. The smallest absolute Gasteiger partial charge is 0.328 e. The van der Waals surface area contributed by atoms with Gasteiger partial charge in [0.25, 0.3) is 0 Å². The van der Waals surface area contributed by atoms with E-state index >= 15 is 0 Å². The van der Waals surface area contributed by atoms with Crippen LogP contribution in [0.1, 0.15) is 155 Å². The standard InChI is InChI=1S/C31H59BrN2O4/c1-3-5-6-7-8-9-12-15-18-24-29(35)33-27-22-20-23-28(31(37)38-4-2)34-30(36)25-19-16-13-10-11-14-17-21-26-32/h28H,3-27H2,1-2H3,(H,33,35)(H,34,36)/t28-/m0/s1. The van der Waals surface area contributed by atoms with Crippen LogP contribution in [0.4, 0.5) is 0 Å². The topological polar surface area (TPSA) is 84.5 Å². The van der Waals surface area contributed by atoms with Crippen molar-refractivity contribution in [2.75, 3.05) is 18.5 Å². The average Bonchev–Trinajstić information content (AvgIpc) is 2.90. The van der Waals surface area contributed by atoms with Crippen LogP contribution in [0, 0.1) is 0 Å². The number of hydrogen-bond donors (Lipinski definition) is 2. The Morgan fingerprint density at radius 2 is 1.13 bits per heavy atom. The van der Waals surface area contributed by atoms with Crippen molar-refractivity contribution in [3.05, 3.63) is 0 Å². The van der Waals surface area contributed by atoms with Gasteiger partial charge in [-0.25, -0.2) is 4.79 Å². The van der Waals surface area contributed by atoms with E-state index in [0.29, 0.717) is 32.4 Å². The Morgan fingerprint density at radius 3 is 1.66 bits per heavy atom. The highest BCUT2D eigenvalue weighted by molar-refractivity contribution is 9.09. The molecule has 0 rings (SSSR count). The molecule has 0 heterocycles. The van der Waals surface area contributed by atoms with Crippen LogP contribution < -0.4 is 10.6 Å². The van der Waals surface area contributed by atoms with Crippen LogP contribution in [0.3, 0.4) is 0 Å². The summed E-state index contributed by atoms with van der Waals surface area (Å²) in [4.78, 5) is 36.8. The highest BCUT2D eigenvalue weighted by atomic mass is 79.9. The van der Waals surface area contributed by atoms with Crippen LogP contribution in [0.2, 0.25) is 0 Å². The van der Waals surface area contributed by atoms with E-state index in [1.807, 2.05) is 0 Å². The average molecular weight is 604 g/mol. The van der Waals surface area contributed by atoms with Crippen LogP contribution >= 0.6 is 15.9 Å². The monoisotopic (exact) mass is 602 g/mol. The first kappa shape index (κ1) is 36.9. The lowest BCUT2D eigenvalue weighted by atomic mass is 10.1. The SMILES string of the molecule is CCCCCCCCCCCC(=O)NCCCC[C@H](NC(=O)CCCCCCCCCCBr)C(=O)OCC. The Hall–Kier alpha value is -1.11. The molecular formula is C31H59BrN2O4. The number of hydrogen-bond acceptors (Lipinski definition) is 4. The molecule has 0 bridgehead atoms. The van der Waals surface area contributed by atoms with Gasteiger partial charge in [0.2, 0.25) is 11.8 Å². The van der Waals surface area contributed by atoms with E-state index in [9.17, 15) is 14.4 Å². The number of halogens is 1. The van der Waals surface area contributed by atoms with Gasteiger partial charge in [-0.3, -0.25) is 9.59 Å². The number of amides is 2. The van der Waals surface area contributed by atoms with Gasteiger partial charge < -0.3 is 15.4 Å². The molecule has 0 aliphatic heterocycles. The van der Waals surface area contributed by atoms with Crippen molar-refractivity contribution >= 4 is 33.7 Å². The number of alkyl halides is 1. The molecule has 0 aromatic carbocycles. The molecule has 6 nitrogen and oxygen atoms in total. The fourth-order valence-corrected chi connectivity index (χ4v) is 4.98. The first-order valence-electron chi connectivity index (χ1n) is 15.8. The minimum Gasteiger partial charge on any atom is -0.464 e. The predicted molar refractivity (Wildman–Crippen MR) is 163 cm³/mol. The molecule has 0 radical (unpaired) electrons. The third kappa shape index (κ3) is 25.2. The summed E-state index contributed by atoms with van der Waals surface area (Å²) in [6.07, 6.45) is 23.7. The number of carbonyl (C=O) groups is 3. The molecule has 0 saturated carbocycles. The zero-order valence-corrected chi connectivity index (χ0v) is 26.4. The molecule has 0 fully saturated rings. The second kappa shape index (κ2) is 28.9. The maximum atomic E-state index is 12.4.